The van der Waals surface area contributed by atoms with E-state index in [4.69, 9.17) is 9.94 Å². The van der Waals surface area contributed by atoms with Gasteiger partial charge in [0, 0.05) is 11.8 Å². The van der Waals surface area contributed by atoms with Crippen LogP contribution in [-0.2, 0) is 16.3 Å². The van der Waals surface area contributed by atoms with Gasteiger partial charge in [0.15, 0.2) is 9.84 Å². The van der Waals surface area contributed by atoms with Crippen molar-refractivity contribution >= 4 is 15.5 Å². The monoisotopic (exact) mass is 283 g/mol. The molecule has 0 saturated heterocycles. The van der Waals surface area contributed by atoms with Crippen LogP contribution in [0.4, 0.5) is 0 Å². The van der Waals surface area contributed by atoms with Gasteiger partial charge < -0.3 is 9.94 Å². The number of hydrogen-bond donors (Lipinski definition) is 1. The van der Waals surface area contributed by atoms with Crippen LogP contribution in [0.15, 0.2) is 23.4 Å². The van der Waals surface area contributed by atoms with E-state index in [1.165, 1.54) is 6.26 Å². The molecule has 5 nitrogen and oxygen atoms in total. The third kappa shape index (κ3) is 3.70. The van der Waals surface area contributed by atoms with Gasteiger partial charge in [-0.05, 0) is 37.0 Å². The number of nitrogens with zero attached hydrogens (tertiary/aromatic N) is 1. The highest BCUT2D eigenvalue weighted by atomic mass is 32.2. The summed E-state index contributed by atoms with van der Waals surface area (Å²) in [4.78, 5) is 0. The first-order valence-corrected chi connectivity index (χ1v) is 8.20. The molecule has 0 aromatic heterocycles. The highest BCUT2D eigenvalue weighted by molar-refractivity contribution is 7.90. The minimum Gasteiger partial charge on any atom is -0.493 e. The number of ether oxygens (including phenoxy) is 1. The zero-order chi connectivity index (χ0) is 13.9. The van der Waals surface area contributed by atoms with Crippen LogP contribution in [0.1, 0.15) is 24.0 Å². The van der Waals surface area contributed by atoms with Gasteiger partial charge in [-0.2, -0.15) is 0 Å². The van der Waals surface area contributed by atoms with Gasteiger partial charge in [0.25, 0.3) is 0 Å². The maximum Gasteiger partial charge on any atom is 0.150 e. The molecule has 0 heterocycles. The molecule has 0 spiro atoms. The fourth-order valence-corrected chi connectivity index (χ4v) is 2.51. The van der Waals surface area contributed by atoms with Crippen LogP contribution < -0.4 is 4.74 Å². The van der Waals surface area contributed by atoms with Crippen molar-refractivity contribution in [2.24, 2.45) is 5.16 Å². The van der Waals surface area contributed by atoms with Gasteiger partial charge in [-0.3, -0.25) is 0 Å². The molecule has 0 amide bonds. The van der Waals surface area contributed by atoms with E-state index in [2.05, 4.69) is 5.16 Å². The lowest BCUT2D eigenvalue weighted by Gasteiger charge is -2.17. The molecule has 0 fully saturated rings. The smallest absolute Gasteiger partial charge is 0.150 e. The molecule has 1 aromatic carbocycles. The molecule has 0 aliphatic heterocycles. The molecule has 1 aliphatic carbocycles. The lowest BCUT2D eigenvalue weighted by molar-refractivity contribution is 0.317. The zero-order valence-electron chi connectivity index (χ0n) is 10.8. The predicted molar refractivity (Wildman–Crippen MR) is 72.9 cm³/mol. The maximum absolute atomic E-state index is 11.0. The van der Waals surface area contributed by atoms with E-state index in [1.54, 1.807) is 0 Å². The van der Waals surface area contributed by atoms with Gasteiger partial charge >= 0.3 is 0 Å². The van der Waals surface area contributed by atoms with Crippen LogP contribution in [-0.4, -0.2) is 38.0 Å². The minimum atomic E-state index is -3.02. The summed E-state index contributed by atoms with van der Waals surface area (Å²) in [6.07, 6.45) is 3.86. The number of fused-ring (bicyclic) bond motifs is 1. The molecule has 1 N–H and O–H groups in total. The minimum absolute atomic E-state index is 0.00890. The van der Waals surface area contributed by atoms with Crippen molar-refractivity contribution < 1.29 is 18.4 Å². The van der Waals surface area contributed by atoms with E-state index in [0.717, 1.165) is 30.4 Å². The van der Waals surface area contributed by atoms with E-state index >= 15 is 0 Å². The number of rotatable bonds is 4. The first kappa shape index (κ1) is 13.9. The van der Waals surface area contributed by atoms with Crippen LogP contribution in [0.25, 0.3) is 0 Å². The number of hydrogen-bond acceptors (Lipinski definition) is 5. The Balaban J connectivity index is 2.12. The van der Waals surface area contributed by atoms with Gasteiger partial charge in [-0.25, -0.2) is 8.42 Å². The molecular formula is C13H17NO4S. The van der Waals surface area contributed by atoms with E-state index in [0.29, 0.717) is 11.5 Å². The lowest BCUT2D eigenvalue weighted by Crippen LogP contribution is -2.14. The summed E-state index contributed by atoms with van der Waals surface area (Å²) in [5.41, 5.74) is 2.69. The Bertz CT molecular complexity index is 593. The lowest BCUT2D eigenvalue weighted by atomic mass is 9.90. The Hall–Kier alpha value is -1.56. The summed E-state index contributed by atoms with van der Waals surface area (Å²) < 4.78 is 27.5. The van der Waals surface area contributed by atoms with E-state index < -0.39 is 9.84 Å². The van der Waals surface area contributed by atoms with Gasteiger partial charge in [0.05, 0.1) is 11.5 Å². The average Bonchev–Trinajstić information content (AvgIpc) is 2.36. The third-order valence-corrected chi connectivity index (χ3v) is 4.00. The standard InChI is InChI=1S/C13H17NO4S/c1-19(16,17)8-7-18-11-6-5-10-3-2-4-13(14-15)12(10)9-11/h5-6,9,15H,2-4,7-8H2,1H3/b14-13-. The quantitative estimate of drug-likeness (QED) is 0.673. The van der Waals surface area contributed by atoms with E-state index in [9.17, 15) is 8.42 Å². The Morgan fingerprint density at radius 2 is 2.16 bits per heavy atom. The maximum atomic E-state index is 11.0. The Morgan fingerprint density at radius 1 is 1.37 bits per heavy atom. The molecule has 1 aliphatic rings. The highest BCUT2D eigenvalue weighted by Gasteiger charge is 2.16. The molecule has 6 heteroatoms. The molecule has 0 saturated carbocycles. The second-order valence-electron chi connectivity index (χ2n) is 4.70. The van der Waals surface area contributed by atoms with Crippen LogP contribution in [0, 0.1) is 0 Å². The van der Waals surface area contributed by atoms with Crippen molar-refractivity contribution in [1.82, 2.24) is 0 Å². The summed E-state index contributed by atoms with van der Waals surface area (Å²) in [7, 11) is -3.02. The molecule has 2 rings (SSSR count). The van der Waals surface area contributed by atoms with Crippen LogP contribution in [0.2, 0.25) is 0 Å². The number of aryl methyl sites for hydroxylation is 1. The first-order valence-electron chi connectivity index (χ1n) is 6.14. The van der Waals surface area contributed by atoms with Crippen molar-refractivity contribution in [2.75, 3.05) is 18.6 Å². The Kier molecular flexibility index (Phi) is 4.09. The van der Waals surface area contributed by atoms with Gasteiger partial charge in [0.1, 0.15) is 12.4 Å². The van der Waals surface area contributed by atoms with Crippen LogP contribution in [0.5, 0.6) is 5.75 Å². The Labute approximate surface area is 112 Å². The summed E-state index contributed by atoms with van der Waals surface area (Å²) in [5.74, 6) is 0.593. The SMILES string of the molecule is CS(=O)(=O)CCOc1ccc2c(c1)/C(=N\O)CCC2. The Morgan fingerprint density at radius 3 is 2.84 bits per heavy atom. The summed E-state index contributed by atoms with van der Waals surface area (Å²) >= 11 is 0. The van der Waals surface area contributed by atoms with E-state index in [1.807, 2.05) is 18.2 Å². The van der Waals surface area contributed by atoms with Crippen LogP contribution >= 0.6 is 0 Å². The second kappa shape index (κ2) is 5.61. The van der Waals surface area contributed by atoms with Crippen LogP contribution in [0.3, 0.4) is 0 Å². The van der Waals surface area contributed by atoms with Crippen molar-refractivity contribution in [2.45, 2.75) is 19.3 Å². The largest absolute Gasteiger partial charge is 0.493 e. The normalized spacial score (nSPS) is 17.2. The number of benzene rings is 1. The highest BCUT2D eigenvalue weighted by Crippen LogP contribution is 2.25. The number of sulfone groups is 1. The number of oxime groups is 1. The molecule has 0 radical (unpaired) electrons. The van der Waals surface area contributed by atoms with Crippen molar-refractivity contribution in [3.63, 3.8) is 0 Å². The van der Waals surface area contributed by atoms with Crippen molar-refractivity contribution in [3.8, 4) is 5.75 Å². The average molecular weight is 283 g/mol. The van der Waals surface area contributed by atoms with Gasteiger partial charge in [0.2, 0.25) is 0 Å². The molecule has 0 unspecified atom stereocenters. The second-order valence-corrected chi connectivity index (χ2v) is 6.96. The zero-order valence-corrected chi connectivity index (χ0v) is 11.6. The topological polar surface area (TPSA) is 76.0 Å². The molecule has 19 heavy (non-hydrogen) atoms. The molecular weight excluding hydrogens is 266 g/mol. The third-order valence-electron chi connectivity index (χ3n) is 3.10. The van der Waals surface area contributed by atoms with Crippen molar-refractivity contribution in [1.29, 1.82) is 0 Å². The van der Waals surface area contributed by atoms with Crippen molar-refractivity contribution in [3.05, 3.63) is 29.3 Å². The van der Waals surface area contributed by atoms with Gasteiger partial charge in [-0.1, -0.05) is 11.2 Å². The predicted octanol–water partition coefficient (Wildman–Crippen LogP) is 1.62. The molecule has 1 aromatic rings. The molecule has 0 atom stereocenters. The summed E-state index contributed by atoms with van der Waals surface area (Å²) in [5, 5.41) is 12.3. The fourth-order valence-electron chi connectivity index (χ4n) is 2.13. The molecule has 104 valence electrons. The van der Waals surface area contributed by atoms with Gasteiger partial charge in [-0.15, -0.1) is 0 Å². The summed E-state index contributed by atoms with van der Waals surface area (Å²) in [6.45, 7) is 0.128. The fraction of sp³-hybridized carbons (Fsp3) is 0.462. The first-order chi connectivity index (χ1) is 8.99. The summed E-state index contributed by atoms with van der Waals surface area (Å²) in [6, 6.07) is 5.57. The van der Waals surface area contributed by atoms with E-state index in [-0.39, 0.29) is 12.4 Å². The molecule has 0 bridgehead atoms.